The van der Waals surface area contributed by atoms with Crippen molar-refractivity contribution in [1.29, 1.82) is 0 Å². The van der Waals surface area contributed by atoms with Crippen molar-refractivity contribution in [2.75, 3.05) is 60.1 Å². The van der Waals surface area contributed by atoms with Gasteiger partial charge in [0.2, 0.25) is 0 Å². The van der Waals surface area contributed by atoms with Gasteiger partial charge in [-0.05, 0) is 32.9 Å². The highest BCUT2D eigenvalue weighted by atomic mass is 16.5. The summed E-state index contributed by atoms with van der Waals surface area (Å²) in [6, 6.07) is 10.3. The topological polar surface area (TPSA) is 58.1 Å². The fourth-order valence-corrected chi connectivity index (χ4v) is 2.40. The third-order valence-corrected chi connectivity index (χ3v) is 4.02. The molecule has 0 spiro atoms. The van der Waals surface area contributed by atoms with Crippen LogP contribution in [0, 0.1) is 0 Å². The SMILES string of the molecule is CCNC(=NCCCOC(C)c1ccccc1)NCCN(C)CCOC. The molecule has 0 aliphatic carbocycles. The van der Waals surface area contributed by atoms with Crippen molar-refractivity contribution in [2.24, 2.45) is 4.99 Å². The molecule has 1 aromatic carbocycles. The fraction of sp³-hybridized carbons (Fsp3) is 0.650. The van der Waals surface area contributed by atoms with Crippen LogP contribution in [0.1, 0.15) is 31.9 Å². The summed E-state index contributed by atoms with van der Waals surface area (Å²) in [6.45, 7) is 9.97. The molecular weight excluding hydrogens is 328 g/mol. The van der Waals surface area contributed by atoms with Gasteiger partial charge in [-0.15, -0.1) is 0 Å². The number of likely N-dealkylation sites (N-methyl/N-ethyl adjacent to an activating group) is 1. The number of methoxy groups -OCH3 is 1. The van der Waals surface area contributed by atoms with Crippen molar-refractivity contribution < 1.29 is 9.47 Å². The van der Waals surface area contributed by atoms with Crippen LogP contribution >= 0.6 is 0 Å². The third kappa shape index (κ3) is 10.4. The average Bonchev–Trinajstić information content (AvgIpc) is 2.66. The first kappa shape index (κ1) is 22.4. The maximum atomic E-state index is 5.89. The molecule has 1 aromatic rings. The van der Waals surface area contributed by atoms with E-state index in [1.165, 1.54) is 5.56 Å². The van der Waals surface area contributed by atoms with E-state index >= 15 is 0 Å². The molecule has 148 valence electrons. The molecule has 0 aliphatic heterocycles. The number of nitrogens with zero attached hydrogens (tertiary/aromatic N) is 2. The molecule has 0 aliphatic rings. The molecule has 6 nitrogen and oxygen atoms in total. The summed E-state index contributed by atoms with van der Waals surface area (Å²) in [7, 11) is 3.82. The number of hydrogen-bond acceptors (Lipinski definition) is 4. The van der Waals surface area contributed by atoms with Gasteiger partial charge in [0.15, 0.2) is 5.96 Å². The van der Waals surface area contributed by atoms with Crippen molar-refractivity contribution in [1.82, 2.24) is 15.5 Å². The molecule has 0 amide bonds. The first-order valence-corrected chi connectivity index (χ1v) is 9.53. The van der Waals surface area contributed by atoms with Crippen LogP contribution in [0.4, 0.5) is 0 Å². The van der Waals surface area contributed by atoms with Crippen LogP contribution < -0.4 is 10.6 Å². The van der Waals surface area contributed by atoms with Gasteiger partial charge < -0.3 is 25.0 Å². The second kappa shape index (κ2) is 14.5. The monoisotopic (exact) mass is 364 g/mol. The van der Waals surface area contributed by atoms with Crippen molar-refractivity contribution >= 4 is 5.96 Å². The second-order valence-corrected chi connectivity index (χ2v) is 6.26. The molecule has 0 aromatic heterocycles. The number of hydrogen-bond donors (Lipinski definition) is 2. The van der Waals surface area contributed by atoms with Gasteiger partial charge in [-0.1, -0.05) is 30.3 Å². The molecule has 1 atom stereocenters. The largest absolute Gasteiger partial charge is 0.383 e. The minimum atomic E-state index is 0.120. The number of nitrogens with one attached hydrogen (secondary N) is 2. The van der Waals surface area contributed by atoms with E-state index < -0.39 is 0 Å². The Kier molecular flexibility index (Phi) is 12.5. The van der Waals surface area contributed by atoms with Gasteiger partial charge in [0, 0.05) is 46.4 Å². The quantitative estimate of drug-likeness (QED) is 0.319. The minimum absolute atomic E-state index is 0.120. The highest BCUT2D eigenvalue weighted by Gasteiger charge is 2.04. The normalized spacial score (nSPS) is 13.0. The Morgan fingerprint density at radius 3 is 2.62 bits per heavy atom. The van der Waals surface area contributed by atoms with E-state index in [0.717, 1.165) is 51.7 Å². The Bertz CT molecular complexity index is 482. The maximum absolute atomic E-state index is 5.89. The van der Waals surface area contributed by atoms with E-state index in [-0.39, 0.29) is 6.10 Å². The number of rotatable bonds is 13. The van der Waals surface area contributed by atoms with E-state index in [2.05, 4.69) is 53.6 Å². The van der Waals surface area contributed by atoms with E-state index in [1.807, 2.05) is 18.2 Å². The predicted octanol–water partition coefficient (Wildman–Crippen LogP) is 2.29. The van der Waals surface area contributed by atoms with Crippen LogP contribution in [0.2, 0.25) is 0 Å². The highest BCUT2D eigenvalue weighted by molar-refractivity contribution is 5.79. The van der Waals surface area contributed by atoms with E-state index in [1.54, 1.807) is 7.11 Å². The Hall–Kier alpha value is -1.63. The Morgan fingerprint density at radius 2 is 1.92 bits per heavy atom. The van der Waals surface area contributed by atoms with Gasteiger partial charge in [-0.3, -0.25) is 4.99 Å². The number of benzene rings is 1. The number of ether oxygens (including phenoxy) is 2. The summed E-state index contributed by atoms with van der Waals surface area (Å²) in [4.78, 5) is 6.85. The van der Waals surface area contributed by atoms with Crippen LogP contribution in [-0.4, -0.2) is 71.0 Å². The smallest absolute Gasteiger partial charge is 0.191 e. The first-order chi connectivity index (χ1) is 12.7. The standard InChI is InChI=1S/C20H36N4O2/c1-5-21-20(23-13-14-24(3)15-17-25-4)22-12-9-16-26-18(2)19-10-7-6-8-11-19/h6-8,10-11,18H,5,9,12-17H2,1-4H3,(H2,21,22,23). The Morgan fingerprint density at radius 1 is 1.15 bits per heavy atom. The van der Waals surface area contributed by atoms with Crippen LogP contribution in [-0.2, 0) is 9.47 Å². The highest BCUT2D eigenvalue weighted by Crippen LogP contribution is 2.15. The molecule has 0 heterocycles. The van der Waals surface area contributed by atoms with Crippen molar-refractivity contribution in [3.05, 3.63) is 35.9 Å². The van der Waals surface area contributed by atoms with Gasteiger partial charge in [0.1, 0.15) is 0 Å². The Labute approximate surface area is 159 Å². The average molecular weight is 365 g/mol. The molecule has 1 unspecified atom stereocenters. The summed E-state index contributed by atoms with van der Waals surface area (Å²) in [6.07, 6.45) is 1.02. The van der Waals surface area contributed by atoms with E-state index in [0.29, 0.717) is 6.61 Å². The zero-order valence-corrected chi connectivity index (χ0v) is 16.8. The molecule has 26 heavy (non-hydrogen) atoms. The first-order valence-electron chi connectivity index (χ1n) is 9.53. The molecule has 0 bridgehead atoms. The molecule has 6 heteroatoms. The van der Waals surface area contributed by atoms with Crippen molar-refractivity contribution in [3.63, 3.8) is 0 Å². The lowest BCUT2D eigenvalue weighted by atomic mass is 10.1. The summed E-state index contributed by atoms with van der Waals surface area (Å²) in [5.41, 5.74) is 1.21. The number of aliphatic imine (C=N–C) groups is 1. The van der Waals surface area contributed by atoms with Crippen LogP contribution in [0.5, 0.6) is 0 Å². The lowest BCUT2D eigenvalue weighted by Gasteiger charge is -2.17. The van der Waals surface area contributed by atoms with Crippen molar-refractivity contribution in [3.8, 4) is 0 Å². The zero-order valence-electron chi connectivity index (χ0n) is 16.8. The summed E-state index contributed by atoms with van der Waals surface area (Å²) in [5.74, 6) is 0.865. The summed E-state index contributed by atoms with van der Waals surface area (Å²) >= 11 is 0. The minimum Gasteiger partial charge on any atom is -0.383 e. The van der Waals surface area contributed by atoms with Gasteiger partial charge in [0.05, 0.1) is 12.7 Å². The molecule has 1 rings (SSSR count). The molecule has 0 saturated heterocycles. The molecule has 0 fully saturated rings. The molecule has 0 saturated carbocycles. The van der Waals surface area contributed by atoms with E-state index in [4.69, 9.17) is 9.47 Å². The van der Waals surface area contributed by atoms with E-state index in [9.17, 15) is 0 Å². The van der Waals surface area contributed by atoms with Gasteiger partial charge in [0.25, 0.3) is 0 Å². The molecular formula is C20H36N4O2. The zero-order chi connectivity index (χ0) is 19.0. The van der Waals surface area contributed by atoms with Gasteiger partial charge in [-0.2, -0.15) is 0 Å². The number of guanidine groups is 1. The maximum Gasteiger partial charge on any atom is 0.191 e. The van der Waals surface area contributed by atoms with Gasteiger partial charge in [-0.25, -0.2) is 0 Å². The van der Waals surface area contributed by atoms with Crippen LogP contribution in [0.15, 0.2) is 35.3 Å². The van der Waals surface area contributed by atoms with Gasteiger partial charge >= 0.3 is 0 Å². The lowest BCUT2D eigenvalue weighted by molar-refractivity contribution is 0.0652. The Balaban J connectivity index is 2.22. The van der Waals surface area contributed by atoms with Crippen LogP contribution in [0.3, 0.4) is 0 Å². The third-order valence-electron chi connectivity index (χ3n) is 4.02. The summed E-state index contributed by atoms with van der Waals surface area (Å²) in [5, 5.41) is 6.65. The van der Waals surface area contributed by atoms with Crippen LogP contribution in [0.25, 0.3) is 0 Å². The van der Waals surface area contributed by atoms with Crippen molar-refractivity contribution in [2.45, 2.75) is 26.4 Å². The molecule has 0 radical (unpaired) electrons. The molecule has 2 N–H and O–H groups in total. The predicted molar refractivity (Wildman–Crippen MR) is 109 cm³/mol. The summed E-state index contributed by atoms with van der Waals surface area (Å²) < 4.78 is 11.0. The second-order valence-electron chi connectivity index (χ2n) is 6.26. The fourth-order valence-electron chi connectivity index (χ4n) is 2.40. The lowest BCUT2D eigenvalue weighted by Crippen LogP contribution is -2.41.